The zero-order valence-corrected chi connectivity index (χ0v) is 21.2. The Kier molecular flexibility index (Phi) is 9.54. The van der Waals surface area contributed by atoms with Crippen molar-refractivity contribution in [1.29, 1.82) is 5.26 Å². The molecule has 37 heavy (non-hydrogen) atoms. The van der Waals surface area contributed by atoms with Crippen molar-refractivity contribution in [3.05, 3.63) is 35.1 Å². The van der Waals surface area contributed by atoms with E-state index in [0.29, 0.717) is 57.3 Å². The molecule has 11 heteroatoms. The largest absolute Gasteiger partial charge is 0.351 e. The van der Waals surface area contributed by atoms with Gasteiger partial charge in [0.2, 0.25) is 17.7 Å². The van der Waals surface area contributed by atoms with Crippen LogP contribution in [0.15, 0.2) is 12.1 Å². The molecule has 2 aliphatic heterocycles. The number of carbonyl (C=O) groups is 3. The van der Waals surface area contributed by atoms with Gasteiger partial charge in [0, 0.05) is 31.6 Å². The molecular formula is C26H34F3N5O3. The lowest BCUT2D eigenvalue weighted by Crippen LogP contribution is -2.54. The molecule has 2 fully saturated rings. The standard InChI is InChI=1S/C26H34F3N5O3/c1-3-15(2)24(31)26(37)34-9-5-7-22(34)25(36)32-17(10-16-11-20(28)21(29)13-19(16)27)12-23(35)33-8-4-6-18(33)14-30/h11,13,15,17-18,22,24H,3-10,12,31H2,1-2H3,(H,32,36)/t15?,17-,18?,22?,24?/m1/s1. The van der Waals surface area contributed by atoms with E-state index in [4.69, 9.17) is 5.73 Å². The Morgan fingerprint density at radius 3 is 2.43 bits per heavy atom. The van der Waals surface area contributed by atoms with Crippen LogP contribution in [0.1, 0.15) is 57.9 Å². The van der Waals surface area contributed by atoms with Crippen molar-refractivity contribution in [2.75, 3.05) is 13.1 Å². The molecule has 3 rings (SSSR count). The molecule has 2 aliphatic rings. The number of carbonyl (C=O) groups excluding carboxylic acids is 3. The summed E-state index contributed by atoms with van der Waals surface area (Å²) in [7, 11) is 0. The second-order valence-electron chi connectivity index (χ2n) is 9.95. The number of halogens is 3. The number of likely N-dealkylation sites (tertiary alicyclic amines) is 2. The third-order valence-electron chi connectivity index (χ3n) is 7.43. The van der Waals surface area contributed by atoms with Crippen LogP contribution in [-0.2, 0) is 20.8 Å². The monoisotopic (exact) mass is 521 g/mol. The van der Waals surface area contributed by atoms with Crippen LogP contribution in [0.5, 0.6) is 0 Å². The highest BCUT2D eigenvalue weighted by atomic mass is 19.2. The predicted molar refractivity (Wildman–Crippen MR) is 129 cm³/mol. The number of nitrogens with zero attached hydrogens (tertiary/aromatic N) is 3. The quantitative estimate of drug-likeness (QED) is 0.484. The molecule has 0 aromatic heterocycles. The van der Waals surface area contributed by atoms with E-state index in [1.54, 1.807) is 0 Å². The van der Waals surface area contributed by atoms with E-state index >= 15 is 0 Å². The highest BCUT2D eigenvalue weighted by Gasteiger charge is 2.38. The van der Waals surface area contributed by atoms with Crippen molar-refractivity contribution >= 4 is 17.7 Å². The van der Waals surface area contributed by atoms with Crippen LogP contribution in [0.4, 0.5) is 13.2 Å². The first kappa shape index (κ1) is 28.4. The highest BCUT2D eigenvalue weighted by Crippen LogP contribution is 2.23. The fourth-order valence-corrected chi connectivity index (χ4v) is 4.98. The molecule has 8 nitrogen and oxygen atoms in total. The molecule has 0 aliphatic carbocycles. The van der Waals surface area contributed by atoms with Crippen molar-refractivity contribution in [3.63, 3.8) is 0 Å². The first-order valence-electron chi connectivity index (χ1n) is 12.8. The van der Waals surface area contributed by atoms with Crippen LogP contribution < -0.4 is 11.1 Å². The Labute approximate surface area is 215 Å². The number of nitrogens with two attached hydrogens (primary N) is 1. The molecule has 2 saturated heterocycles. The van der Waals surface area contributed by atoms with Gasteiger partial charge >= 0.3 is 0 Å². The van der Waals surface area contributed by atoms with Crippen LogP contribution in [0, 0.1) is 34.7 Å². The number of benzene rings is 1. The van der Waals surface area contributed by atoms with Gasteiger partial charge in [0.1, 0.15) is 17.9 Å². The summed E-state index contributed by atoms with van der Waals surface area (Å²) in [4.78, 5) is 42.1. The fraction of sp³-hybridized carbons (Fsp3) is 0.615. The number of amides is 3. The van der Waals surface area contributed by atoms with Gasteiger partial charge in [-0.2, -0.15) is 5.26 Å². The molecule has 2 heterocycles. The van der Waals surface area contributed by atoms with Crippen molar-refractivity contribution in [3.8, 4) is 6.07 Å². The normalized spacial score (nSPS) is 21.9. The summed E-state index contributed by atoms with van der Waals surface area (Å²) in [6.45, 7) is 4.52. The molecule has 0 spiro atoms. The summed E-state index contributed by atoms with van der Waals surface area (Å²) in [6, 6.07) is 0.0766. The predicted octanol–water partition coefficient (Wildman–Crippen LogP) is 2.40. The van der Waals surface area contributed by atoms with E-state index < -0.39 is 53.4 Å². The molecule has 202 valence electrons. The average Bonchev–Trinajstić information content (AvgIpc) is 3.55. The van der Waals surface area contributed by atoms with Gasteiger partial charge in [-0.1, -0.05) is 20.3 Å². The molecule has 0 bridgehead atoms. The van der Waals surface area contributed by atoms with Crippen LogP contribution in [0.2, 0.25) is 0 Å². The second kappa shape index (κ2) is 12.4. The van der Waals surface area contributed by atoms with Crippen LogP contribution in [-0.4, -0.2) is 64.8 Å². The molecule has 1 aromatic carbocycles. The second-order valence-corrected chi connectivity index (χ2v) is 9.95. The van der Waals surface area contributed by atoms with E-state index in [9.17, 15) is 32.8 Å². The first-order chi connectivity index (χ1) is 17.6. The van der Waals surface area contributed by atoms with E-state index in [-0.39, 0.29) is 30.2 Å². The average molecular weight is 522 g/mol. The van der Waals surface area contributed by atoms with Crippen LogP contribution in [0.3, 0.4) is 0 Å². The molecule has 1 aromatic rings. The van der Waals surface area contributed by atoms with Crippen molar-refractivity contribution in [2.24, 2.45) is 11.7 Å². The first-order valence-corrected chi connectivity index (χ1v) is 12.8. The van der Waals surface area contributed by atoms with Crippen molar-refractivity contribution in [1.82, 2.24) is 15.1 Å². The lowest BCUT2D eigenvalue weighted by atomic mass is 9.98. The molecule has 5 atom stereocenters. The maximum Gasteiger partial charge on any atom is 0.243 e. The number of nitriles is 1. The maximum atomic E-state index is 14.4. The number of hydrogen-bond acceptors (Lipinski definition) is 5. The van der Waals surface area contributed by atoms with Crippen LogP contribution >= 0.6 is 0 Å². The molecule has 4 unspecified atom stereocenters. The lowest BCUT2D eigenvalue weighted by molar-refractivity contribution is -0.141. The van der Waals surface area contributed by atoms with Gasteiger partial charge in [-0.25, -0.2) is 13.2 Å². The van der Waals surface area contributed by atoms with Gasteiger partial charge < -0.3 is 20.9 Å². The third kappa shape index (κ3) is 6.60. The van der Waals surface area contributed by atoms with Gasteiger partial charge in [-0.15, -0.1) is 0 Å². The van der Waals surface area contributed by atoms with Gasteiger partial charge in [-0.05, 0) is 49.7 Å². The topological polar surface area (TPSA) is 120 Å². The molecule has 0 radical (unpaired) electrons. The van der Waals surface area contributed by atoms with Crippen molar-refractivity contribution < 1.29 is 27.6 Å². The summed E-state index contributed by atoms with van der Waals surface area (Å²) < 4.78 is 41.7. The Morgan fingerprint density at radius 1 is 1.11 bits per heavy atom. The van der Waals surface area contributed by atoms with Gasteiger partial charge in [-0.3, -0.25) is 14.4 Å². The summed E-state index contributed by atoms with van der Waals surface area (Å²) in [6.07, 6.45) is 2.33. The minimum Gasteiger partial charge on any atom is -0.351 e. The zero-order chi connectivity index (χ0) is 27.3. The molecule has 3 N–H and O–H groups in total. The molecule has 3 amide bonds. The number of rotatable bonds is 9. The molecule has 0 saturated carbocycles. The fourth-order valence-electron chi connectivity index (χ4n) is 4.98. The Morgan fingerprint density at radius 2 is 1.76 bits per heavy atom. The Hall–Kier alpha value is -3.13. The summed E-state index contributed by atoms with van der Waals surface area (Å²) in [5.41, 5.74) is 5.91. The Balaban J connectivity index is 1.80. The summed E-state index contributed by atoms with van der Waals surface area (Å²) >= 11 is 0. The van der Waals surface area contributed by atoms with Gasteiger partial charge in [0.05, 0.1) is 12.1 Å². The van der Waals surface area contributed by atoms with Gasteiger partial charge in [0.25, 0.3) is 0 Å². The van der Waals surface area contributed by atoms with E-state index in [0.717, 1.165) is 0 Å². The number of hydrogen-bond donors (Lipinski definition) is 2. The number of nitrogens with one attached hydrogen (secondary N) is 1. The zero-order valence-electron chi connectivity index (χ0n) is 21.2. The Bertz CT molecular complexity index is 1060. The third-order valence-corrected chi connectivity index (χ3v) is 7.43. The molecular weight excluding hydrogens is 487 g/mol. The smallest absolute Gasteiger partial charge is 0.243 e. The summed E-state index contributed by atoms with van der Waals surface area (Å²) in [5, 5.41) is 12.1. The summed E-state index contributed by atoms with van der Waals surface area (Å²) in [5.74, 6) is -4.93. The van der Waals surface area contributed by atoms with Crippen molar-refractivity contribution in [2.45, 2.75) is 83.0 Å². The maximum absolute atomic E-state index is 14.4. The van der Waals surface area contributed by atoms with Crippen LogP contribution in [0.25, 0.3) is 0 Å². The van der Waals surface area contributed by atoms with E-state index in [2.05, 4.69) is 11.4 Å². The van der Waals surface area contributed by atoms with Gasteiger partial charge in [0.15, 0.2) is 11.6 Å². The highest BCUT2D eigenvalue weighted by molar-refractivity contribution is 5.91. The SMILES string of the molecule is CCC(C)C(N)C(=O)N1CCCC1C(=O)N[C@@H](CC(=O)N1CCCC1C#N)Cc1cc(F)c(F)cc1F. The lowest BCUT2D eigenvalue weighted by Gasteiger charge is -2.30. The minimum absolute atomic E-state index is 0.0768. The van der Waals surface area contributed by atoms with E-state index in [1.165, 1.54) is 9.80 Å². The minimum atomic E-state index is -1.34. The van der Waals surface area contributed by atoms with E-state index in [1.807, 2.05) is 13.8 Å².